The van der Waals surface area contributed by atoms with Crippen molar-refractivity contribution in [3.63, 3.8) is 0 Å². The summed E-state index contributed by atoms with van der Waals surface area (Å²) in [4.78, 5) is 12.7. The van der Waals surface area contributed by atoms with Gasteiger partial charge >= 0.3 is 12.5 Å². The maximum absolute atomic E-state index is 13.9. The van der Waals surface area contributed by atoms with Crippen molar-refractivity contribution in [3.8, 4) is 16.9 Å². The fourth-order valence-corrected chi connectivity index (χ4v) is 4.66. The molecule has 3 aromatic rings. The van der Waals surface area contributed by atoms with Gasteiger partial charge in [-0.1, -0.05) is 29.8 Å². The first-order chi connectivity index (χ1) is 16.0. The van der Waals surface area contributed by atoms with E-state index in [-0.39, 0.29) is 40.4 Å². The molecule has 0 bridgehead atoms. The highest BCUT2D eigenvalue weighted by Gasteiger charge is 2.42. The Morgan fingerprint density at radius 1 is 0.971 bits per heavy atom. The van der Waals surface area contributed by atoms with Gasteiger partial charge in [0.15, 0.2) is 5.82 Å². The first-order valence-corrected chi connectivity index (χ1v) is 10.7. The van der Waals surface area contributed by atoms with Gasteiger partial charge in [0.2, 0.25) is 0 Å². The Morgan fingerprint density at radius 2 is 1.69 bits per heavy atom. The lowest BCUT2D eigenvalue weighted by Gasteiger charge is -2.30. The third-order valence-electron chi connectivity index (χ3n) is 6.20. The Morgan fingerprint density at radius 3 is 2.37 bits per heavy atom. The molecular formula is C23H20ClF6N3O2. The molecule has 1 N–H and O–H groups in total. The fraction of sp³-hybridized carbons (Fsp3) is 0.391. The SMILES string of the molecule is Cl.FC(F)(F)Oc1ccccc1-c1cc(C(F)(F)F)c2[nH]c(C3=NOC4(CCCCC4)C3)nc2c1. The van der Waals surface area contributed by atoms with Gasteiger partial charge in [0, 0.05) is 12.0 Å². The third-order valence-corrected chi connectivity index (χ3v) is 6.20. The number of alkyl halides is 6. The van der Waals surface area contributed by atoms with Crippen molar-refractivity contribution in [2.75, 3.05) is 0 Å². The van der Waals surface area contributed by atoms with Gasteiger partial charge in [0.25, 0.3) is 0 Å². The van der Waals surface area contributed by atoms with E-state index in [0.29, 0.717) is 12.1 Å². The van der Waals surface area contributed by atoms with Crippen molar-refractivity contribution in [2.24, 2.45) is 5.16 Å². The van der Waals surface area contributed by atoms with Crippen molar-refractivity contribution >= 4 is 29.2 Å². The van der Waals surface area contributed by atoms with Crippen LogP contribution in [0.2, 0.25) is 0 Å². The van der Waals surface area contributed by atoms with E-state index in [1.54, 1.807) is 0 Å². The summed E-state index contributed by atoms with van der Waals surface area (Å²) in [6.07, 6.45) is -4.64. The highest BCUT2D eigenvalue weighted by Crippen LogP contribution is 2.42. The van der Waals surface area contributed by atoms with Crippen LogP contribution in [0.1, 0.15) is 49.9 Å². The Kier molecular flexibility index (Phi) is 6.41. The highest BCUT2D eigenvalue weighted by molar-refractivity contribution is 6.01. The molecule has 2 heterocycles. The number of ether oxygens (including phenoxy) is 1. The van der Waals surface area contributed by atoms with Gasteiger partial charge in [-0.15, -0.1) is 25.6 Å². The Bertz CT molecular complexity index is 1260. The maximum atomic E-state index is 13.9. The number of hydrogen-bond donors (Lipinski definition) is 1. The summed E-state index contributed by atoms with van der Waals surface area (Å²) >= 11 is 0. The number of aromatic amines is 1. The van der Waals surface area contributed by atoms with Crippen molar-refractivity contribution in [1.29, 1.82) is 0 Å². The van der Waals surface area contributed by atoms with E-state index in [4.69, 9.17) is 4.84 Å². The first kappa shape index (κ1) is 25.2. The molecule has 35 heavy (non-hydrogen) atoms. The van der Waals surface area contributed by atoms with Crippen LogP contribution < -0.4 is 4.74 Å². The number of hydrogen-bond acceptors (Lipinski definition) is 4. The van der Waals surface area contributed by atoms with Crippen LogP contribution >= 0.6 is 12.4 Å². The van der Waals surface area contributed by atoms with Gasteiger partial charge in [0.05, 0.1) is 16.6 Å². The van der Waals surface area contributed by atoms with Crippen molar-refractivity contribution in [3.05, 3.63) is 47.8 Å². The lowest BCUT2D eigenvalue weighted by atomic mass is 9.81. The van der Waals surface area contributed by atoms with Crippen LogP contribution in [-0.2, 0) is 11.0 Å². The van der Waals surface area contributed by atoms with Crippen molar-refractivity contribution in [1.82, 2.24) is 9.97 Å². The van der Waals surface area contributed by atoms with E-state index in [1.807, 2.05) is 0 Å². The number of aromatic nitrogens is 2. The van der Waals surface area contributed by atoms with Crippen LogP contribution in [0.3, 0.4) is 0 Å². The molecule has 2 aromatic carbocycles. The summed E-state index contributed by atoms with van der Waals surface area (Å²) in [7, 11) is 0. The molecular weight excluding hydrogens is 500 g/mol. The first-order valence-electron chi connectivity index (χ1n) is 10.7. The van der Waals surface area contributed by atoms with Crippen molar-refractivity contribution in [2.45, 2.75) is 56.7 Å². The monoisotopic (exact) mass is 519 g/mol. The van der Waals surface area contributed by atoms with E-state index >= 15 is 0 Å². The Labute approximate surface area is 201 Å². The van der Waals surface area contributed by atoms with E-state index in [9.17, 15) is 26.3 Å². The number of halogens is 7. The van der Waals surface area contributed by atoms with Gasteiger partial charge < -0.3 is 14.6 Å². The van der Waals surface area contributed by atoms with Gasteiger partial charge in [-0.25, -0.2) is 4.98 Å². The lowest BCUT2D eigenvalue weighted by Crippen LogP contribution is -2.31. The van der Waals surface area contributed by atoms with E-state index < -0.39 is 29.5 Å². The number of rotatable bonds is 3. The number of imidazole rings is 1. The normalized spacial score (nSPS) is 17.7. The molecule has 0 amide bonds. The van der Waals surface area contributed by atoms with Gasteiger partial charge in [0.1, 0.15) is 17.1 Å². The summed E-state index contributed by atoms with van der Waals surface area (Å²) in [5.41, 5.74) is -1.63. The topological polar surface area (TPSA) is 59.5 Å². The number of benzene rings is 2. The molecule has 12 heteroatoms. The molecule has 0 radical (unpaired) electrons. The van der Waals surface area contributed by atoms with E-state index in [0.717, 1.165) is 44.2 Å². The lowest BCUT2D eigenvalue weighted by molar-refractivity contribution is -0.274. The average Bonchev–Trinajstić information content (AvgIpc) is 3.36. The molecule has 1 saturated carbocycles. The number of oxime groups is 1. The van der Waals surface area contributed by atoms with Crippen LogP contribution in [-0.4, -0.2) is 27.6 Å². The number of fused-ring (bicyclic) bond motifs is 1. The molecule has 0 unspecified atom stereocenters. The summed E-state index contributed by atoms with van der Waals surface area (Å²) in [6, 6.07) is 7.12. The second-order valence-corrected chi connectivity index (χ2v) is 8.59. The minimum absolute atomic E-state index is 0. The Hall–Kier alpha value is -2.95. The zero-order valence-electron chi connectivity index (χ0n) is 18.1. The molecule has 2 aliphatic rings. The Balaban J connectivity index is 0.00000289. The minimum atomic E-state index is -5.00. The van der Waals surface area contributed by atoms with Crippen LogP contribution in [0.25, 0.3) is 22.2 Å². The fourth-order valence-electron chi connectivity index (χ4n) is 4.66. The molecule has 5 rings (SSSR count). The highest BCUT2D eigenvalue weighted by atomic mass is 35.5. The largest absolute Gasteiger partial charge is 0.573 e. The van der Waals surface area contributed by atoms with Crippen LogP contribution in [0, 0.1) is 0 Å². The second kappa shape index (κ2) is 8.92. The van der Waals surface area contributed by atoms with Gasteiger partial charge in [-0.3, -0.25) is 0 Å². The zero-order valence-corrected chi connectivity index (χ0v) is 18.9. The predicted molar refractivity (Wildman–Crippen MR) is 119 cm³/mol. The number of para-hydroxylation sites is 1. The van der Waals surface area contributed by atoms with Crippen LogP contribution in [0.4, 0.5) is 26.3 Å². The van der Waals surface area contributed by atoms with E-state index in [1.165, 1.54) is 24.3 Å². The molecule has 1 spiro atoms. The van der Waals surface area contributed by atoms with Gasteiger partial charge in [-0.05, 0) is 49.4 Å². The third kappa shape index (κ3) is 5.05. The van der Waals surface area contributed by atoms with Gasteiger partial charge in [-0.2, -0.15) is 13.2 Å². The predicted octanol–water partition coefficient (Wildman–Crippen LogP) is 7.40. The van der Waals surface area contributed by atoms with Crippen LogP contribution in [0.15, 0.2) is 41.6 Å². The van der Waals surface area contributed by atoms with E-state index in [2.05, 4.69) is 19.9 Å². The molecule has 188 valence electrons. The molecule has 0 saturated heterocycles. The molecule has 1 fully saturated rings. The number of nitrogens with one attached hydrogen (secondary N) is 1. The maximum Gasteiger partial charge on any atom is 0.573 e. The quantitative estimate of drug-likeness (QED) is 0.367. The molecule has 1 aromatic heterocycles. The van der Waals surface area contributed by atoms with Crippen LogP contribution in [0.5, 0.6) is 5.75 Å². The summed E-state index contributed by atoms with van der Waals surface area (Å²) in [5, 5.41) is 4.10. The smallest absolute Gasteiger partial charge is 0.405 e. The average molecular weight is 520 g/mol. The summed E-state index contributed by atoms with van der Waals surface area (Å²) in [5.74, 6) is -0.453. The molecule has 1 aliphatic heterocycles. The minimum Gasteiger partial charge on any atom is -0.405 e. The summed E-state index contributed by atoms with van der Waals surface area (Å²) < 4.78 is 84.4. The zero-order chi connectivity index (χ0) is 24.1. The van der Waals surface area contributed by atoms with Crippen molar-refractivity contribution < 1.29 is 35.9 Å². The number of H-pyrrole nitrogens is 1. The molecule has 1 aliphatic carbocycles. The molecule has 5 nitrogen and oxygen atoms in total. The number of nitrogens with zero attached hydrogens (tertiary/aromatic N) is 2. The molecule has 0 atom stereocenters. The summed E-state index contributed by atoms with van der Waals surface area (Å²) in [6.45, 7) is 0. The standard InChI is InChI=1S/C23H19F6N3O2.ClH/c24-22(25,26)15-10-13(14-6-2-3-7-18(14)33-23(27,28)29)11-16-19(15)31-20(30-16)17-12-21(34-32-17)8-4-1-5-9-21;/h2-3,6-7,10-11H,1,4-5,8-9,12H2,(H,30,31);1H. The second-order valence-electron chi connectivity index (χ2n) is 8.59.